The summed E-state index contributed by atoms with van der Waals surface area (Å²) in [7, 11) is 0. The number of benzene rings is 2. The van der Waals surface area contributed by atoms with Crippen LogP contribution in [-0.4, -0.2) is 34.8 Å². The third-order valence-electron chi connectivity index (χ3n) is 5.52. The maximum absolute atomic E-state index is 13.5. The zero-order valence-corrected chi connectivity index (χ0v) is 17.2. The Balaban J connectivity index is 1.57. The second-order valence-electron chi connectivity index (χ2n) is 7.60. The van der Waals surface area contributed by atoms with Gasteiger partial charge in [-0.15, -0.1) is 11.3 Å². The fraction of sp³-hybridized carbons (Fsp3) is 0.348. The first-order valence-corrected chi connectivity index (χ1v) is 11.0. The van der Waals surface area contributed by atoms with Crippen LogP contribution in [0.3, 0.4) is 0 Å². The first-order valence-electron chi connectivity index (χ1n) is 10.2. The largest absolute Gasteiger partial charge is 0.329 e. The van der Waals surface area contributed by atoms with Gasteiger partial charge < -0.3 is 10.2 Å². The standard InChI is InChI=1S/C23H25N3O2S/c27-21(25-23-24-13-14-29-23)16-26(15-17-7-2-1-3-8-17)22(28)20-12-6-10-18-9-4-5-11-19(18)20/h4-6,9-14,17H,1-3,7-8,15-16H2,(H,24,25,27). The van der Waals surface area contributed by atoms with Crippen LogP contribution in [0.25, 0.3) is 10.8 Å². The van der Waals surface area contributed by atoms with Crippen molar-refractivity contribution >= 4 is 39.1 Å². The molecule has 1 aliphatic carbocycles. The maximum Gasteiger partial charge on any atom is 0.254 e. The Morgan fingerprint density at radius 1 is 1.07 bits per heavy atom. The van der Waals surface area contributed by atoms with Crippen LogP contribution in [0.5, 0.6) is 0 Å². The van der Waals surface area contributed by atoms with Gasteiger partial charge in [0.15, 0.2) is 5.13 Å². The van der Waals surface area contributed by atoms with Crippen molar-refractivity contribution in [2.45, 2.75) is 32.1 Å². The number of rotatable bonds is 6. The summed E-state index contributed by atoms with van der Waals surface area (Å²) in [6.07, 6.45) is 7.55. The highest BCUT2D eigenvalue weighted by atomic mass is 32.1. The molecule has 1 heterocycles. The van der Waals surface area contributed by atoms with Crippen molar-refractivity contribution in [1.82, 2.24) is 9.88 Å². The van der Waals surface area contributed by atoms with E-state index >= 15 is 0 Å². The van der Waals surface area contributed by atoms with E-state index in [0.29, 0.717) is 23.2 Å². The second-order valence-corrected chi connectivity index (χ2v) is 8.50. The number of carbonyl (C=O) groups excluding carboxylic acids is 2. The number of anilines is 1. The van der Waals surface area contributed by atoms with Gasteiger partial charge in [0, 0.05) is 23.7 Å². The van der Waals surface area contributed by atoms with Crippen LogP contribution < -0.4 is 5.32 Å². The van der Waals surface area contributed by atoms with Gasteiger partial charge in [0.25, 0.3) is 5.91 Å². The third kappa shape index (κ3) is 4.82. The molecule has 1 saturated carbocycles. The smallest absolute Gasteiger partial charge is 0.254 e. The first-order chi connectivity index (χ1) is 14.2. The molecule has 0 unspecified atom stereocenters. The van der Waals surface area contributed by atoms with Crippen molar-refractivity contribution in [2.24, 2.45) is 5.92 Å². The number of aromatic nitrogens is 1. The van der Waals surface area contributed by atoms with E-state index in [1.807, 2.05) is 47.8 Å². The summed E-state index contributed by atoms with van der Waals surface area (Å²) in [6, 6.07) is 13.7. The SMILES string of the molecule is O=C(CN(CC1CCCCC1)C(=O)c1cccc2ccccc12)Nc1nccs1. The molecule has 150 valence electrons. The maximum atomic E-state index is 13.5. The molecule has 29 heavy (non-hydrogen) atoms. The van der Waals surface area contributed by atoms with Crippen molar-refractivity contribution in [2.75, 3.05) is 18.4 Å². The van der Waals surface area contributed by atoms with Crippen LogP contribution in [0, 0.1) is 5.92 Å². The Kier molecular flexibility index (Phi) is 6.20. The van der Waals surface area contributed by atoms with Crippen LogP contribution in [-0.2, 0) is 4.79 Å². The molecule has 1 aromatic heterocycles. The van der Waals surface area contributed by atoms with E-state index in [9.17, 15) is 9.59 Å². The van der Waals surface area contributed by atoms with E-state index in [-0.39, 0.29) is 18.4 Å². The monoisotopic (exact) mass is 407 g/mol. The molecule has 2 amide bonds. The van der Waals surface area contributed by atoms with E-state index in [0.717, 1.165) is 23.6 Å². The highest BCUT2D eigenvalue weighted by Crippen LogP contribution is 2.26. The van der Waals surface area contributed by atoms with Crippen molar-refractivity contribution in [3.63, 3.8) is 0 Å². The number of hydrogen-bond donors (Lipinski definition) is 1. The molecule has 4 rings (SSSR count). The third-order valence-corrected chi connectivity index (χ3v) is 6.21. The molecule has 0 radical (unpaired) electrons. The van der Waals surface area contributed by atoms with E-state index in [1.54, 1.807) is 11.1 Å². The molecule has 0 bridgehead atoms. The van der Waals surface area contributed by atoms with Gasteiger partial charge in [0.1, 0.15) is 6.54 Å². The molecule has 6 heteroatoms. The molecule has 1 fully saturated rings. The minimum Gasteiger partial charge on any atom is -0.329 e. The lowest BCUT2D eigenvalue weighted by Gasteiger charge is -2.29. The van der Waals surface area contributed by atoms with Crippen LogP contribution in [0.2, 0.25) is 0 Å². The Labute approximate surface area is 174 Å². The number of thiazole rings is 1. The van der Waals surface area contributed by atoms with Crippen LogP contribution in [0.15, 0.2) is 54.0 Å². The van der Waals surface area contributed by atoms with Gasteiger partial charge in [-0.05, 0) is 35.6 Å². The van der Waals surface area contributed by atoms with Crippen LogP contribution >= 0.6 is 11.3 Å². The average molecular weight is 408 g/mol. The summed E-state index contributed by atoms with van der Waals surface area (Å²) in [5, 5.41) is 7.14. The topological polar surface area (TPSA) is 62.3 Å². The predicted molar refractivity (Wildman–Crippen MR) is 117 cm³/mol. The van der Waals surface area contributed by atoms with Gasteiger partial charge in [0.2, 0.25) is 5.91 Å². The summed E-state index contributed by atoms with van der Waals surface area (Å²) < 4.78 is 0. The number of fused-ring (bicyclic) bond motifs is 1. The molecule has 1 N–H and O–H groups in total. The Morgan fingerprint density at radius 2 is 1.86 bits per heavy atom. The van der Waals surface area contributed by atoms with Gasteiger partial charge >= 0.3 is 0 Å². The molecule has 5 nitrogen and oxygen atoms in total. The molecular formula is C23H25N3O2S. The molecule has 2 aromatic carbocycles. The van der Waals surface area contributed by atoms with Gasteiger partial charge in [-0.25, -0.2) is 4.98 Å². The average Bonchev–Trinajstić information content (AvgIpc) is 3.26. The molecule has 0 spiro atoms. The molecule has 1 aliphatic rings. The Morgan fingerprint density at radius 3 is 2.66 bits per heavy atom. The van der Waals surface area contributed by atoms with E-state index in [1.165, 1.54) is 30.6 Å². The van der Waals surface area contributed by atoms with Crippen molar-refractivity contribution in [1.29, 1.82) is 0 Å². The van der Waals surface area contributed by atoms with Crippen LogP contribution in [0.4, 0.5) is 5.13 Å². The Hall–Kier alpha value is -2.73. The molecule has 3 aromatic rings. The summed E-state index contributed by atoms with van der Waals surface area (Å²) in [5.74, 6) is 0.168. The lowest BCUT2D eigenvalue weighted by Crippen LogP contribution is -2.41. The number of carbonyl (C=O) groups is 2. The number of hydrogen-bond acceptors (Lipinski definition) is 4. The van der Waals surface area contributed by atoms with Gasteiger partial charge in [-0.2, -0.15) is 0 Å². The van der Waals surface area contributed by atoms with E-state index < -0.39 is 0 Å². The second kappa shape index (κ2) is 9.18. The summed E-state index contributed by atoms with van der Waals surface area (Å²) in [4.78, 5) is 32.0. The Bertz CT molecular complexity index is 975. The summed E-state index contributed by atoms with van der Waals surface area (Å²) in [6.45, 7) is 0.658. The van der Waals surface area contributed by atoms with Crippen molar-refractivity contribution < 1.29 is 9.59 Å². The zero-order valence-electron chi connectivity index (χ0n) is 16.3. The highest BCUT2D eigenvalue weighted by molar-refractivity contribution is 7.13. The highest BCUT2D eigenvalue weighted by Gasteiger charge is 2.25. The summed E-state index contributed by atoms with van der Waals surface area (Å²) >= 11 is 1.37. The molecule has 0 aliphatic heterocycles. The quantitative estimate of drug-likeness (QED) is 0.628. The van der Waals surface area contributed by atoms with Crippen molar-refractivity contribution in [3.8, 4) is 0 Å². The van der Waals surface area contributed by atoms with E-state index in [4.69, 9.17) is 0 Å². The predicted octanol–water partition coefficient (Wildman–Crippen LogP) is 4.96. The molecule has 0 atom stereocenters. The lowest BCUT2D eigenvalue weighted by molar-refractivity contribution is -0.117. The number of amides is 2. The normalized spacial score (nSPS) is 14.6. The van der Waals surface area contributed by atoms with Crippen molar-refractivity contribution in [3.05, 3.63) is 59.6 Å². The van der Waals surface area contributed by atoms with Gasteiger partial charge in [-0.1, -0.05) is 55.7 Å². The number of nitrogens with zero attached hydrogens (tertiary/aromatic N) is 2. The van der Waals surface area contributed by atoms with Gasteiger partial charge in [0.05, 0.1) is 0 Å². The fourth-order valence-corrected chi connectivity index (χ4v) is 4.65. The van der Waals surface area contributed by atoms with Gasteiger partial charge in [-0.3, -0.25) is 9.59 Å². The summed E-state index contributed by atoms with van der Waals surface area (Å²) in [5.41, 5.74) is 0.654. The van der Waals surface area contributed by atoms with Crippen LogP contribution in [0.1, 0.15) is 42.5 Å². The molecular weight excluding hydrogens is 382 g/mol. The minimum atomic E-state index is -0.204. The number of nitrogens with one attached hydrogen (secondary N) is 1. The first kappa shape index (κ1) is 19.6. The van der Waals surface area contributed by atoms with E-state index in [2.05, 4.69) is 10.3 Å². The minimum absolute atomic E-state index is 0.0398. The molecule has 0 saturated heterocycles. The lowest BCUT2D eigenvalue weighted by atomic mass is 9.88. The fourth-order valence-electron chi connectivity index (χ4n) is 4.10. The zero-order chi connectivity index (χ0) is 20.1.